The Balaban J connectivity index is 1.63. The summed E-state index contributed by atoms with van der Waals surface area (Å²) in [5, 5.41) is 2.25. The van der Waals surface area contributed by atoms with Crippen molar-refractivity contribution in [3.05, 3.63) is 40.9 Å². The Morgan fingerprint density at radius 3 is 2.62 bits per heavy atom. The van der Waals surface area contributed by atoms with E-state index in [1.165, 1.54) is 23.5 Å². The van der Waals surface area contributed by atoms with Gasteiger partial charge in [-0.3, -0.25) is 4.79 Å². The normalized spacial score (nSPS) is 18.1. The lowest BCUT2D eigenvalue weighted by molar-refractivity contribution is -0.137. The van der Waals surface area contributed by atoms with Crippen LogP contribution >= 0.6 is 11.3 Å². The predicted molar refractivity (Wildman–Crippen MR) is 104 cm³/mol. The topological polar surface area (TPSA) is 79.4 Å². The SMILES string of the molecule is CS(=O)(=O)NC1CCCN(C(=O)Cc2csc(-c3ccc(C(F)(F)F)cc3)n2)C1. The zero-order valence-corrected chi connectivity index (χ0v) is 17.2. The summed E-state index contributed by atoms with van der Waals surface area (Å²) in [6.07, 6.45) is -1.87. The Hall–Kier alpha value is -1.98. The van der Waals surface area contributed by atoms with Crippen molar-refractivity contribution in [2.45, 2.75) is 31.5 Å². The molecular weight excluding hydrogens is 427 g/mol. The van der Waals surface area contributed by atoms with E-state index in [1.807, 2.05) is 0 Å². The zero-order valence-electron chi connectivity index (χ0n) is 15.6. The molecule has 1 aliphatic heterocycles. The minimum absolute atomic E-state index is 0.0583. The Labute approximate surface area is 170 Å². The molecule has 0 aliphatic carbocycles. The molecule has 11 heteroatoms. The van der Waals surface area contributed by atoms with Crippen LogP contribution < -0.4 is 4.72 Å². The van der Waals surface area contributed by atoms with Crippen LogP contribution in [0.4, 0.5) is 13.2 Å². The van der Waals surface area contributed by atoms with Gasteiger partial charge >= 0.3 is 6.18 Å². The molecule has 1 fully saturated rings. The van der Waals surface area contributed by atoms with Crippen molar-refractivity contribution in [2.75, 3.05) is 19.3 Å². The first-order valence-electron chi connectivity index (χ1n) is 8.88. The Bertz CT molecular complexity index is 972. The van der Waals surface area contributed by atoms with Crippen LogP contribution in [-0.2, 0) is 27.4 Å². The van der Waals surface area contributed by atoms with E-state index in [4.69, 9.17) is 0 Å². The second-order valence-electron chi connectivity index (χ2n) is 6.96. The minimum atomic E-state index is -4.39. The molecule has 1 amide bonds. The molecule has 2 aromatic rings. The van der Waals surface area contributed by atoms with E-state index in [-0.39, 0.29) is 18.4 Å². The van der Waals surface area contributed by atoms with E-state index in [2.05, 4.69) is 9.71 Å². The molecule has 29 heavy (non-hydrogen) atoms. The van der Waals surface area contributed by atoms with Gasteiger partial charge < -0.3 is 4.90 Å². The van der Waals surface area contributed by atoms with Crippen LogP contribution in [0.3, 0.4) is 0 Å². The van der Waals surface area contributed by atoms with Crippen LogP contribution in [0, 0.1) is 0 Å². The van der Waals surface area contributed by atoms with Crippen LogP contribution in [0.15, 0.2) is 29.6 Å². The number of hydrogen-bond donors (Lipinski definition) is 1. The summed E-state index contributed by atoms with van der Waals surface area (Å²) in [7, 11) is -3.34. The number of hydrogen-bond acceptors (Lipinski definition) is 5. The lowest BCUT2D eigenvalue weighted by Gasteiger charge is -2.32. The number of amides is 1. The number of likely N-dealkylation sites (tertiary alicyclic amines) is 1. The monoisotopic (exact) mass is 447 g/mol. The molecule has 1 aromatic heterocycles. The number of aromatic nitrogens is 1. The first kappa shape index (κ1) is 21.7. The molecule has 1 atom stereocenters. The number of piperidine rings is 1. The summed E-state index contributed by atoms with van der Waals surface area (Å²) in [4.78, 5) is 18.5. The molecule has 0 spiro atoms. The number of carbonyl (C=O) groups excluding carboxylic acids is 1. The summed E-state index contributed by atoms with van der Waals surface area (Å²) in [5.74, 6) is -0.158. The number of nitrogens with zero attached hydrogens (tertiary/aromatic N) is 2. The van der Waals surface area contributed by atoms with Gasteiger partial charge in [0.05, 0.1) is 23.9 Å². The summed E-state index contributed by atoms with van der Waals surface area (Å²) < 4.78 is 63.3. The summed E-state index contributed by atoms with van der Waals surface area (Å²) in [5.41, 5.74) is 0.362. The molecule has 0 bridgehead atoms. The average molecular weight is 448 g/mol. The number of nitrogens with one attached hydrogen (secondary N) is 1. The van der Waals surface area contributed by atoms with Gasteiger partial charge in [-0.25, -0.2) is 18.1 Å². The third-order valence-electron chi connectivity index (χ3n) is 4.50. The van der Waals surface area contributed by atoms with E-state index in [1.54, 1.807) is 10.3 Å². The maximum absolute atomic E-state index is 12.7. The molecular formula is C18H20F3N3O3S2. The van der Waals surface area contributed by atoms with Crippen molar-refractivity contribution in [3.8, 4) is 10.6 Å². The van der Waals surface area contributed by atoms with Crippen LogP contribution in [0.25, 0.3) is 10.6 Å². The molecule has 2 heterocycles. The molecule has 1 aromatic carbocycles. The van der Waals surface area contributed by atoms with Crippen molar-refractivity contribution in [1.82, 2.24) is 14.6 Å². The van der Waals surface area contributed by atoms with Gasteiger partial charge in [-0.2, -0.15) is 13.2 Å². The third kappa shape index (κ3) is 6.00. The summed E-state index contributed by atoms with van der Waals surface area (Å²) in [6, 6.07) is 4.42. The maximum Gasteiger partial charge on any atom is 0.416 e. The predicted octanol–water partition coefficient (Wildman–Crippen LogP) is 2.91. The minimum Gasteiger partial charge on any atom is -0.341 e. The Morgan fingerprint density at radius 1 is 1.31 bits per heavy atom. The van der Waals surface area contributed by atoms with Crippen LogP contribution in [0.1, 0.15) is 24.1 Å². The van der Waals surface area contributed by atoms with Gasteiger partial charge in [-0.15, -0.1) is 11.3 Å². The molecule has 1 N–H and O–H groups in total. The van der Waals surface area contributed by atoms with E-state index in [0.29, 0.717) is 42.2 Å². The maximum atomic E-state index is 12.7. The van der Waals surface area contributed by atoms with Crippen molar-refractivity contribution in [1.29, 1.82) is 0 Å². The molecule has 158 valence electrons. The molecule has 1 aliphatic rings. The van der Waals surface area contributed by atoms with E-state index >= 15 is 0 Å². The highest BCUT2D eigenvalue weighted by molar-refractivity contribution is 7.88. The Kier molecular flexibility index (Phi) is 6.30. The molecule has 6 nitrogen and oxygen atoms in total. The second-order valence-corrected chi connectivity index (χ2v) is 9.60. The summed E-state index contributed by atoms with van der Waals surface area (Å²) in [6.45, 7) is 0.860. The first-order chi connectivity index (χ1) is 13.5. The van der Waals surface area contributed by atoms with Crippen molar-refractivity contribution < 1.29 is 26.4 Å². The van der Waals surface area contributed by atoms with E-state index < -0.39 is 21.8 Å². The number of rotatable bonds is 5. The summed E-state index contributed by atoms with van der Waals surface area (Å²) >= 11 is 1.26. The Morgan fingerprint density at radius 2 is 2.00 bits per heavy atom. The van der Waals surface area contributed by atoms with Gasteiger partial charge in [-0.1, -0.05) is 12.1 Å². The first-order valence-corrected chi connectivity index (χ1v) is 11.7. The molecule has 1 saturated heterocycles. The zero-order chi connectivity index (χ0) is 21.2. The van der Waals surface area contributed by atoms with Crippen LogP contribution in [0.5, 0.6) is 0 Å². The van der Waals surface area contributed by atoms with Gasteiger partial charge in [0.25, 0.3) is 0 Å². The molecule has 3 rings (SSSR count). The van der Waals surface area contributed by atoms with Gasteiger partial charge in [-0.05, 0) is 25.0 Å². The number of benzene rings is 1. The van der Waals surface area contributed by atoms with Gasteiger partial charge in [0.15, 0.2) is 0 Å². The highest BCUT2D eigenvalue weighted by Crippen LogP contribution is 2.31. The molecule has 0 radical (unpaired) electrons. The lowest BCUT2D eigenvalue weighted by atomic mass is 10.1. The van der Waals surface area contributed by atoms with Gasteiger partial charge in [0, 0.05) is 30.1 Å². The highest BCUT2D eigenvalue weighted by Gasteiger charge is 2.30. The smallest absolute Gasteiger partial charge is 0.341 e. The van der Waals surface area contributed by atoms with Crippen molar-refractivity contribution >= 4 is 27.3 Å². The largest absolute Gasteiger partial charge is 0.416 e. The van der Waals surface area contributed by atoms with Crippen molar-refractivity contribution in [3.63, 3.8) is 0 Å². The van der Waals surface area contributed by atoms with Crippen molar-refractivity contribution in [2.24, 2.45) is 0 Å². The van der Waals surface area contributed by atoms with Crippen LogP contribution in [-0.4, -0.2) is 49.6 Å². The fourth-order valence-electron chi connectivity index (χ4n) is 3.19. The van der Waals surface area contributed by atoms with Crippen LogP contribution in [0.2, 0.25) is 0 Å². The number of carbonyl (C=O) groups is 1. The number of sulfonamides is 1. The average Bonchev–Trinajstić information content (AvgIpc) is 3.08. The quantitative estimate of drug-likeness (QED) is 0.765. The highest BCUT2D eigenvalue weighted by atomic mass is 32.2. The fraction of sp³-hybridized carbons (Fsp3) is 0.444. The lowest BCUT2D eigenvalue weighted by Crippen LogP contribution is -2.49. The van der Waals surface area contributed by atoms with Gasteiger partial charge in [0.1, 0.15) is 5.01 Å². The van der Waals surface area contributed by atoms with E-state index in [9.17, 15) is 26.4 Å². The number of thiazole rings is 1. The third-order valence-corrected chi connectivity index (χ3v) is 6.20. The van der Waals surface area contributed by atoms with Gasteiger partial charge in [0.2, 0.25) is 15.9 Å². The fourth-order valence-corrected chi connectivity index (χ4v) is 4.82. The molecule has 1 unspecified atom stereocenters. The molecule has 0 saturated carbocycles. The number of halogens is 3. The second kappa shape index (κ2) is 8.41. The standard InChI is InChI=1S/C18H20F3N3O3S2/c1-29(26,27)23-14-3-2-8-24(10-14)16(25)9-15-11-28-17(22-15)12-4-6-13(7-5-12)18(19,20)21/h4-7,11,14,23H,2-3,8-10H2,1H3. The number of alkyl halides is 3. The van der Waals surface area contributed by atoms with E-state index in [0.717, 1.165) is 18.4 Å².